The van der Waals surface area contributed by atoms with E-state index in [1.807, 2.05) is 0 Å². The van der Waals surface area contributed by atoms with Crippen LogP contribution in [0.15, 0.2) is 0 Å². The second kappa shape index (κ2) is 6.89. The van der Waals surface area contributed by atoms with Gasteiger partial charge in [0.1, 0.15) is 6.04 Å². The number of unbranched alkanes of at least 4 members (excludes halogenated alkanes) is 1. The first-order valence-electron chi connectivity index (χ1n) is 6.62. The van der Waals surface area contributed by atoms with Crippen molar-refractivity contribution in [2.45, 2.75) is 70.9 Å². The van der Waals surface area contributed by atoms with Crippen molar-refractivity contribution >= 4 is 5.97 Å². The van der Waals surface area contributed by atoms with Gasteiger partial charge < -0.3 is 10.4 Å². The molecule has 3 heteroatoms. The van der Waals surface area contributed by atoms with Crippen molar-refractivity contribution in [3.63, 3.8) is 0 Å². The van der Waals surface area contributed by atoms with Crippen LogP contribution < -0.4 is 5.32 Å². The van der Waals surface area contributed by atoms with E-state index in [1.165, 1.54) is 19.3 Å². The van der Waals surface area contributed by atoms with Crippen LogP contribution in [0.4, 0.5) is 0 Å². The summed E-state index contributed by atoms with van der Waals surface area (Å²) < 4.78 is 0. The van der Waals surface area contributed by atoms with E-state index < -0.39 is 5.97 Å². The normalized spacial score (nSPS) is 19.4. The van der Waals surface area contributed by atoms with E-state index in [-0.39, 0.29) is 6.04 Å². The van der Waals surface area contributed by atoms with Crippen molar-refractivity contribution in [2.24, 2.45) is 5.92 Å². The zero-order valence-electron chi connectivity index (χ0n) is 10.5. The van der Waals surface area contributed by atoms with Gasteiger partial charge in [-0.3, -0.25) is 4.79 Å². The first kappa shape index (κ1) is 13.5. The monoisotopic (exact) mass is 227 g/mol. The molecule has 0 bridgehead atoms. The Bertz CT molecular complexity index is 214. The fourth-order valence-corrected chi connectivity index (χ4v) is 2.01. The molecule has 0 aromatic heterocycles. The second-order valence-electron chi connectivity index (χ2n) is 5.12. The van der Waals surface area contributed by atoms with Crippen molar-refractivity contribution in [2.75, 3.05) is 0 Å². The average molecular weight is 227 g/mol. The Hall–Kier alpha value is -0.570. The SMILES string of the molecule is CCCC[C@H](NC(C)CCC1CC1)C(=O)O. The molecule has 0 aliphatic heterocycles. The Labute approximate surface area is 98.6 Å². The largest absolute Gasteiger partial charge is 0.480 e. The highest BCUT2D eigenvalue weighted by Gasteiger charge is 2.23. The number of hydrogen-bond donors (Lipinski definition) is 2. The highest BCUT2D eigenvalue weighted by atomic mass is 16.4. The molecule has 16 heavy (non-hydrogen) atoms. The van der Waals surface area contributed by atoms with Crippen molar-refractivity contribution < 1.29 is 9.90 Å². The lowest BCUT2D eigenvalue weighted by atomic mass is 10.1. The Morgan fingerprint density at radius 1 is 1.44 bits per heavy atom. The first-order valence-corrected chi connectivity index (χ1v) is 6.62. The molecule has 1 saturated carbocycles. The number of nitrogens with one attached hydrogen (secondary N) is 1. The summed E-state index contributed by atoms with van der Waals surface area (Å²) in [5.74, 6) is 0.231. The molecule has 2 atom stereocenters. The van der Waals surface area contributed by atoms with Crippen LogP contribution in [-0.4, -0.2) is 23.2 Å². The zero-order valence-corrected chi connectivity index (χ0v) is 10.5. The molecule has 0 aromatic rings. The van der Waals surface area contributed by atoms with Crippen molar-refractivity contribution in [3.8, 4) is 0 Å². The number of aliphatic carboxylic acids is 1. The molecular weight excluding hydrogens is 202 g/mol. The Morgan fingerprint density at radius 2 is 2.12 bits per heavy atom. The molecule has 0 aromatic carbocycles. The standard InChI is InChI=1S/C13H25NO2/c1-3-4-5-12(13(15)16)14-10(2)6-7-11-8-9-11/h10-12,14H,3-9H2,1-2H3,(H,15,16)/t10?,12-/m0/s1. The summed E-state index contributed by atoms with van der Waals surface area (Å²) >= 11 is 0. The fraction of sp³-hybridized carbons (Fsp3) is 0.923. The zero-order chi connectivity index (χ0) is 12.0. The minimum absolute atomic E-state index is 0.332. The van der Waals surface area contributed by atoms with Crippen LogP contribution in [-0.2, 0) is 4.79 Å². The van der Waals surface area contributed by atoms with Crippen LogP contribution in [0.5, 0.6) is 0 Å². The van der Waals surface area contributed by atoms with Crippen molar-refractivity contribution in [3.05, 3.63) is 0 Å². The lowest BCUT2D eigenvalue weighted by Gasteiger charge is -2.20. The Morgan fingerprint density at radius 3 is 2.62 bits per heavy atom. The number of carboxylic acids is 1. The van der Waals surface area contributed by atoms with Gasteiger partial charge in [-0.1, -0.05) is 32.6 Å². The summed E-state index contributed by atoms with van der Waals surface area (Å²) in [7, 11) is 0. The minimum atomic E-state index is -0.702. The van der Waals surface area contributed by atoms with Crippen LogP contribution in [0.25, 0.3) is 0 Å². The maximum absolute atomic E-state index is 11.0. The summed E-state index contributed by atoms with van der Waals surface area (Å²) in [6, 6.07) is -0.0206. The van der Waals surface area contributed by atoms with E-state index in [1.54, 1.807) is 0 Å². The summed E-state index contributed by atoms with van der Waals surface area (Å²) in [5, 5.41) is 12.3. The highest BCUT2D eigenvalue weighted by Crippen LogP contribution is 2.33. The molecule has 0 saturated heterocycles. The summed E-state index contributed by atoms with van der Waals surface area (Å²) in [6.45, 7) is 4.19. The van der Waals surface area contributed by atoms with Crippen molar-refractivity contribution in [1.29, 1.82) is 0 Å². The van der Waals surface area contributed by atoms with E-state index in [2.05, 4.69) is 19.2 Å². The van der Waals surface area contributed by atoms with Gasteiger partial charge >= 0.3 is 5.97 Å². The topological polar surface area (TPSA) is 49.3 Å². The fourth-order valence-electron chi connectivity index (χ4n) is 2.01. The van der Waals surface area contributed by atoms with Gasteiger partial charge in [0.2, 0.25) is 0 Å². The molecule has 1 aliphatic carbocycles. The molecule has 1 rings (SSSR count). The molecule has 0 spiro atoms. The number of carboxylic acid groups (broad SMARTS) is 1. The lowest BCUT2D eigenvalue weighted by Crippen LogP contribution is -2.42. The molecular formula is C13H25NO2. The number of rotatable bonds is 9. The molecule has 2 N–H and O–H groups in total. The smallest absolute Gasteiger partial charge is 0.320 e. The van der Waals surface area contributed by atoms with Crippen LogP contribution >= 0.6 is 0 Å². The van der Waals surface area contributed by atoms with Gasteiger partial charge in [0.25, 0.3) is 0 Å². The predicted octanol–water partition coefficient (Wildman–Crippen LogP) is 2.80. The van der Waals surface area contributed by atoms with Gasteiger partial charge in [-0.2, -0.15) is 0 Å². The van der Waals surface area contributed by atoms with Gasteiger partial charge in [0, 0.05) is 6.04 Å². The van der Waals surface area contributed by atoms with Gasteiger partial charge in [-0.25, -0.2) is 0 Å². The first-order chi connectivity index (χ1) is 7.63. The van der Waals surface area contributed by atoms with E-state index in [0.29, 0.717) is 6.04 Å². The van der Waals surface area contributed by atoms with Crippen LogP contribution in [0.3, 0.4) is 0 Å². The van der Waals surface area contributed by atoms with Crippen LogP contribution in [0.1, 0.15) is 58.8 Å². The maximum atomic E-state index is 11.0. The quantitative estimate of drug-likeness (QED) is 0.637. The van der Waals surface area contributed by atoms with E-state index in [4.69, 9.17) is 5.11 Å². The Kier molecular flexibility index (Phi) is 5.81. The van der Waals surface area contributed by atoms with Gasteiger partial charge in [-0.05, 0) is 32.1 Å². The third-order valence-electron chi connectivity index (χ3n) is 3.34. The lowest BCUT2D eigenvalue weighted by molar-refractivity contribution is -0.139. The average Bonchev–Trinajstić information content (AvgIpc) is 3.04. The van der Waals surface area contributed by atoms with E-state index >= 15 is 0 Å². The minimum Gasteiger partial charge on any atom is -0.480 e. The third kappa shape index (κ3) is 5.50. The molecule has 0 heterocycles. The summed E-state index contributed by atoms with van der Waals surface area (Å²) in [6.07, 6.45) is 7.92. The molecule has 1 unspecified atom stereocenters. The Balaban J connectivity index is 2.19. The molecule has 1 fully saturated rings. The molecule has 0 amide bonds. The summed E-state index contributed by atoms with van der Waals surface area (Å²) in [4.78, 5) is 11.0. The van der Waals surface area contributed by atoms with Gasteiger partial charge in [0.15, 0.2) is 0 Å². The molecule has 94 valence electrons. The van der Waals surface area contributed by atoms with E-state index in [0.717, 1.165) is 31.6 Å². The highest BCUT2D eigenvalue weighted by molar-refractivity contribution is 5.73. The molecule has 0 radical (unpaired) electrons. The van der Waals surface area contributed by atoms with Gasteiger partial charge in [0.05, 0.1) is 0 Å². The molecule has 1 aliphatic rings. The summed E-state index contributed by atoms with van der Waals surface area (Å²) in [5.41, 5.74) is 0. The predicted molar refractivity (Wildman–Crippen MR) is 65.5 cm³/mol. The maximum Gasteiger partial charge on any atom is 0.320 e. The number of hydrogen-bond acceptors (Lipinski definition) is 2. The second-order valence-corrected chi connectivity index (χ2v) is 5.12. The van der Waals surface area contributed by atoms with E-state index in [9.17, 15) is 4.79 Å². The van der Waals surface area contributed by atoms with Gasteiger partial charge in [-0.15, -0.1) is 0 Å². The molecule has 3 nitrogen and oxygen atoms in total. The van der Waals surface area contributed by atoms with Crippen molar-refractivity contribution in [1.82, 2.24) is 5.32 Å². The number of carbonyl (C=O) groups is 1. The van der Waals surface area contributed by atoms with Crippen LogP contribution in [0.2, 0.25) is 0 Å². The van der Waals surface area contributed by atoms with Crippen LogP contribution in [0, 0.1) is 5.92 Å². The third-order valence-corrected chi connectivity index (χ3v) is 3.34.